The second-order valence-corrected chi connectivity index (χ2v) is 6.49. The molecular weight excluding hydrogens is 312 g/mol. The van der Waals surface area contributed by atoms with Crippen LogP contribution in [0.25, 0.3) is 11.3 Å². The molecule has 0 radical (unpaired) electrons. The van der Waals surface area contributed by atoms with Gasteiger partial charge >= 0.3 is 0 Å². The molecule has 4 nitrogen and oxygen atoms in total. The van der Waals surface area contributed by atoms with E-state index >= 15 is 0 Å². The van der Waals surface area contributed by atoms with Crippen molar-refractivity contribution in [2.45, 2.75) is 19.6 Å². The lowest BCUT2D eigenvalue weighted by Gasteiger charge is -2.33. The summed E-state index contributed by atoms with van der Waals surface area (Å²) in [6.45, 7) is 5.46. The Morgan fingerprint density at radius 1 is 1.16 bits per heavy atom. The van der Waals surface area contributed by atoms with E-state index in [-0.39, 0.29) is 6.10 Å². The predicted octanol–water partition coefficient (Wildman–Crippen LogP) is 4.22. The summed E-state index contributed by atoms with van der Waals surface area (Å²) < 4.78 is 11.7. The van der Waals surface area contributed by atoms with Gasteiger partial charge in [-0.25, -0.2) is 0 Å². The molecule has 3 heterocycles. The van der Waals surface area contributed by atoms with E-state index in [1.165, 1.54) is 5.56 Å². The second-order valence-electron chi connectivity index (χ2n) is 6.49. The van der Waals surface area contributed by atoms with Crippen LogP contribution in [0.1, 0.15) is 23.0 Å². The van der Waals surface area contributed by atoms with Crippen LogP contribution in [-0.4, -0.2) is 29.6 Å². The highest BCUT2D eigenvalue weighted by atomic mass is 16.5. The maximum absolute atomic E-state index is 5.93. The van der Waals surface area contributed by atoms with Gasteiger partial charge in [0.1, 0.15) is 11.5 Å². The molecule has 1 atom stereocenters. The Kier molecular flexibility index (Phi) is 4.63. The number of morpholine rings is 1. The first-order chi connectivity index (χ1) is 12.3. The van der Waals surface area contributed by atoms with Crippen molar-refractivity contribution in [2.24, 2.45) is 0 Å². The van der Waals surface area contributed by atoms with Crippen LogP contribution >= 0.6 is 0 Å². The number of hydrogen-bond donors (Lipinski definition) is 0. The predicted molar refractivity (Wildman–Crippen MR) is 97.1 cm³/mol. The molecule has 0 spiro atoms. The number of benzene rings is 1. The van der Waals surface area contributed by atoms with E-state index in [1.807, 2.05) is 31.3 Å². The lowest BCUT2D eigenvalue weighted by Crippen LogP contribution is -2.37. The van der Waals surface area contributed by atoms with E-state index in [1.54, 1.807) is 6.20 Å². The third-order valence-electron chi connectivity index (χ3n) is 4.56. The number of hydrogen-bond acceptors (Lipinski definition) is 4. The van der Waals surface area contributed by atoms with Gasteiger partial charge in [0.15, 0.2) is 0 Å². The smallest absolute Gasteiger partial charge is 0.134 e. The zero-order valence-corrected chi connectivity index (χ0v) is 14.4. The molecule has 0 aliphatic carbocycles. The summed E-state index contributed by atoms with van der Waals surface area (Å²) in [5.41, 5.74) is 3.56. The summed E-state index contributed by atoms with van der Waals surface area (Å²) in [6.07, 6.45) is 3.79. The molecule has 25 heavy (non-hydrogen) atoms. The van der Waals surface area contributed by atoms with E-state index in [0.29, 0.717) is 0 Å². The molecule has 128 valence electrons. The molecule has 4 rings (SSSR count). The monoisotopic (exact) mass is 334 g/mol. The van der Waals surface area contributed by atoms with Gasteiger partial charge in [-0.1, -0.05) is 24.3 Å². The third-order valence-corrected chi connectivity index (χ3v) is 4.56. The summed E-state index contributed by atoms with van der Waals surface area (Å²) in [5.74, 6) is 1.86. The maximum Gasteiger partial charge on any atom is 0.134 e. The average Bonchev–Trinajstić information content (AvgIpc) is 3.09. The van der Waals surface area contributed by atoms with Crippen molar-refractivity contribution >= 4 is 0 Å². The van der Waals surface area contributed by atoms with Gasteiger partial charge < -0.3 is 9.15 Å². The Morgan fingerprint density at radius 3 is 2.92 bits per heavy atom. The summed E-state index contributed by atoms with van der Waals surface area (Å²) in [4.78, 5) is 6.65. The number of pyridine rings is 1. The van der Waals surface area contributed by atoms with Gasteiger partial charge in [0.2, 0.25) is 0 Å². The van der Waals surface area contributed by atoms with Crippen molar-refractivity contribution in [2.75, 3.05) is 19.7 Å². The van der Waals surface area contributed by atoms with Crippen molar-refractivity contribution in [3.05, 3.63) is 77.8 Å². The fourth-order valence-corrected chi connectivity index (χ4v) is 3.29. The van der Waals surface area contributed by atoms with E-state index in [4.69, 9.17) is 9.15 Å². The highest BCUT2D eigenvalue weighted by molar-refractivity contribution is 5.58. The van der Waals surface area contributed by atoms with Crippen molar-refractivity contribution in [1.82, 2.24) is 9.88 Å². The molecule has 0 N–H and O–H groups in total. The molecule has 3 aromatic rings. The zero-order valence-electron chi connectivity index (χ0n) is 14.4. The minimum absolute atomic E-state index is 0.0957. The minimum atomic E-state index is 0.0957. The molecule has 0 amide bonds. The standard InChI is InChI=1S/C21H22N2O2/c1-16-7-8-20(25-16)18-5-2-4-17(12-18)14-23-10-11-24-21(15-23)19-6-3-9-22-13-19/h2-9,12-13,21H,10-11,14-15H2,1H3. The largest absolute Gasteiger partial charge is 0.461 e. The van der Waals surface area contributed by atoms with Crippen LogP contribution in [0.2, 0.25) is 0 Å². The third kappa shape index (κ3) is 3.81. The summed E-state index contributed by atoms with van der Waals surface area (Å²) in [5, 5.41) is 0. The minimum Gasteiger partial charge on any atom is -0.461 e. The number of nitrogens with zero attached hydrogens (tertiary/aromatic N) is 2. The Balaban J connectivity index is 1.47. The number of rotatable bonds is 4. The maximum atomic E-state index is 5.93. The van der Waals surface area contributed by atoms with E-state index in [0.717, 1.165) is 48.9 Å². The van der Waals surface area contributed by atoms with Crippen LogP contribution in [0.15, 0.2) is 65.3 Å². The van der Waals surface area contributed by atoms with Crippen molar-refractivity contribution < 1.29 is 9.15 Å². The first-order valence-electron chi connectivity index (χ1n) is 8.67. The molecule has 1 unspecified atom stereocenters. The lowest BCUT2D eigenvalue weighted by atomic mass is 10.1. The Morgan fingerprint density at radius 2 is 2.12 bits per heavy atom. The van der Waals surface area contributed by atoms with Crippen molar-refractivity contribution in [3.8, 4) is 11.3 Å². The highest BCUT2D eigenvalue weighted by Gasteiger charge is 2.22. The normalized spacial score (nSPS) is 18.4. The van der Waals surface area contributed by atoms with Crippen LogP contribution in [0, 0.1) is 6.92 Å². The molecule has 1 fully saturated rings. The van der Waals surface area contributed by atoms with Gasteiger partial charge in [0, 0.05) is 43.2 Å². The molecule has 1 aliphatic rings. The molecule has 1 aromatic carbocycles. The summed E-state index contributed by atoms with van der Waals surface area (Å²) >= 11 is 0. The van der Waals surface area contributed by atoms with Crippen LogP contribution in [0.4, 0.5) is 0 Å². The van der Waals surface area contributed by atoms with Gasteiger partial charge in [-0.2, -0.15) is 0 Å². The fraction of sp³-hybridized carbons (Fsp3) is 0.286. The molecule has 4 heteroatoms. The molecule has 0 saturated carbocycles. The van der Waals surface area contributed by atoms with Crippen molar-refractivity contribution in [1.29, 1.82) is 0 Å². The number of aryl methyl sites for hydroxylation is 1. The molecular formula is C21H22N2O2. The first-order valence-corrected chi connectivity index (χ1v) is 8.67. The summed E-state index contributed by atoms with van der Waals surface area (Å²) in [7, 11) is 0. The van der Waals surface area contributed by atoms with Crippen LogP contribution in [-0.2, 0) is 11.3 Å². The van der Waals surface area contributed by atoms with Gasteiger partial charge in [-0.05, 0) is 36.8 Å². The number of ether oxygens (including phenoxy) is 1. The quantitative estimate of drug-likeness (QED) is 0.716. The van der Waals surface area contributed by atoms with Crippen LogP contribution < -0.4 is 0 Å². The second kappa shape index (κ2) is 7.21. The molecule has 1 saturated heterocycles. The van der Waals surface area contributed by atoms with E-state index in [2.05, 4.69) is 40.2 Å². The van der Waals surface area contributed by atoms with Crippen LogP contribution in [0.5, 0.6) is 0 Å². The average molecular weight is 334 g/mol. The Hall–Kier alpha value is -2.43. The van der Waals surface area contributed by atoms with Gasteiger partial charge in [0.25, 0.3) is 0 Å². The number of aromatic nitrogens is 1. The fourth-order valence-electron chi connectivity index (χ4n) is 3.29. The molecule has 2 aromatic heterocycles. The SMILES string of the molecule is Cc1ccc(-c2cccc(CN3CCOC(c4cccnc4)C3)c2)o1. The topological polar surface area (TPSA) is 38.5 Å². The van der Waals surface area contributed by atoms with Crippen molar-refractivity contribution in [3.63, 3.8) is 0 Å². The zero-order chi connectivity index (χ0) is 17.1. The summed E-state index contributed by atoms with van der Waals surface area (Å²) in [6, 6.07) is 16.7. The van der Waals surface area contributed by atoms with Crippen LogP contribution in [0.3, 0.4) is 0 Å². The van der Waals surface area contributed by atoms with Gasteiger partial charge in [-0.3, -0.25) is 9.88 Å². The highest BCUT2D eigenvalue weighted by Crippen LogP contribution is 2.25. The lowest BCUT2D eigenvalue weighted by molar-refractivity contribution is -0.0330. The van der Waals surface area contributed by atoms with E-state index in [9.17, 15) is 0 Å². The first kappa shape index (κ1) is 16.1. The molecule has 1 aliphatic heterocycles. The van der Waals surface area contributed by atoms with E-state index < -0.39 is 0 Å². The van der Waals surface area contributed by atoms with Gasteiger partial charge in [0.05, 0.1) is 12.7 Å². The van der Waals surface area contributed by atoms with Gasteiger partial charge in [-0.15, -0.1) is 0 Å². The Bertz CT molecular complexity index is 829. The number of furan rings is 1. The Labute approximate surface area is 148 Å². The molecule has 0 bridgehead atoms.